The van der Waals surface area contributed by atoms with Gasteiger partial charge in [0.05, 0.1) is 55.8 Å². The van der Waals surface area contributed by atoms with E-state index in [1.165, 1.54) is 0 Å². The van der Waals surface area contributed by atoms with E-state index in [-0.39, 0.29) is 0 Å². The maximum atomic E-state index is 9.21. The smallest absolute Gasteiger partial charge is 0.124 e. The fourth-order valence-electron chi connectivity index (χ4n) is 5.17. The molecule has 0 spiro atoms. The average Bonchev–Trinajstić information content (AvgIpc) is 3.59. The molecule has 2 aromatic carbocycles. The Morgan fingerprint density at radius 1 is 1.05 bits per heavy atom. The van der Waals surface area contributed by atoms with Crippen molar-refractivity contribution in [3.8, 4) is 28.8 Å². The summed E-state index contributed by atoms with van der Waals surface area (Å²) in [4.78, 5) is 14.3. The van der Waals surface area contributed by atoms with Gasteiger partial charge in [-0.25, -0.2) is 4.98 Å². The minimum atomic E-state index is 0.368. The number of fused-ring (bicyclic) bond motifs is 1. The number of aromatic nitrogens is 4. The van der Waals surface area contributed by atoms with Gasteiger partial charge in [0.2, 0.25) is 0 Å². The maximum absolute atomic E-state index is 9.21. The van der Waals surface area contributed by atoms with Crippen molar-refractivity contribution in [2.24, 2.45) is 7.05 Å². The van der Waals surface area contributed by atoms with E-state index in [4.69, 9.17) is 14.5 Å². The number of aryl methyl sites for hydroxylation is 1. The quantitative estimate of drug-likeness (QED) is 0.295. The van der Waals surface area contributed by atoms with Crippen LogP contribution < -0.4 is 14.4 Å². The monoisotopic (exact) mass is 511 g/mol. The van der Waals surface area contributed by atoms with Crippen LogP contribution in [0.4, 0.5) is 11.4 Å². The van der Waals surface area contributed by atoms with E-state index < -0.39 is 0 Å². The van der Waals surface area contributed by atoms with E-state index in [0.29, 0.717) is 12.5 Å². The molecule has 4 aromatic rings. The summed E-state index contributed by atoms with van der Waals surface area (Å²) in [6.45, 7) is 2.79. The molecule has 38 heavy (non-hydrogen) atoms. The van der Waals surface area contributed by atoms with E-state index in [1.54, 1.807) is 31.3 Å². The van der Waals surface area contributed by atoms with E-state index >= 15 is 0 Å². The topological polar surface area (TPSA) is 92.3 Å². The molecule has 0 amide bonds. The van der Waals surface area contributed by atoms with E-state index in [9.17, 15) is 5.26 Å². The second-order valence-corrected chi connectivity index (χ2v) is 9.60. The van der Waals surface area contributed by atoms with Crippen molar-refractivity contribution in [2.45, 2.75) is 31.7 Å². The average molecular weight is 512 g/mol. The first-order valence-corrected chi connectivity index (χ1v) is 13.0. The zero-order chi connectivity index (χ0) is 26.5. The number of anilines is 2. The van der Waals surface area contributed by atoms with Crippen LogP contribution >= 0.6 is 0 Å². The Hall–Kier alpha value is -4.16. The molecule has 1 aliphatic heterocycles. The molecule has 5 rings (SSSR count). The summed E-state index contributed by atoms with van der Waals surface area (Å²) >= 11 is 0. The van der Waals surface area contributed by atoms with Crippen LogP contribution in [0, 0.1) is 11.3 Å². The van der Waals surface area contributed by atoms with Gasteiger partial charge < -0.3 is 14.4 Å². The van der Waals surface area contributed by atoms with Crippen LogP contribution in [0.2, 0.25) is 0 Å². The Kier molecular flexibility index (Phi) is 7.70. The molecule has 1 atom stereocenters. The normalized spacial score (nSPS) is 15.5. The number of likely N-dealkylation sites (tertiary alicyclic amines) is 1. The van der Waals surface area contributed by atoms with Crippen molar-refractivity contribution < 1.29 is 9.47 Å². The van der Waals surface area contributed by atoms with Gasteiger partial charge in [-0.3, -0.25) is 14.6 Å². The van der Waals surface area contributed by atoms with Crippen LogP contribution in [-0.2, 0) is 7.05 Å². The van der Waals surface area contributed by atoms with Crippen LogP contribution in [0.5, 0.6) is 11.5 Å². The Morgan fingerprint density at radius 3 is 2.58 bits per heavy atom. The number of hydrogen-bond acceptors (Lipinski definition) is 8. The van der Waals surface area contributed by atoms with Crippen molar-refractivity contribution in [1.29, 1.82) is 5.26 Å². The van der Waals surface area contributed by atoms with Gasteiger partial charge in [0.25, 0.3) is 0 Å². The number of nitriles is 1. The lowest BCUT2D eigenvalue weighted by Crippen LogP contribution is -2.32. The van der Waals surface area contributed by atoms with Gasteiger partial charge in [0, 0.05) is 67.5 Å². The van der Waals surface area contributed by atoms with Crippen molar-refractivity contribution in [3.05, 3.63) is 55.0 Å². The molecule has 1 aliphatic rings. The molecule has 1 saturated heterocycles. The zero-order valence-electron chi connectivity index (χ0n) is 22.2. The molecule has 2 aromatic heterocycles. The highest BCUT2D eigenvalue weighted by Gasteiger charge is 2.24. The fraction of sp³-hybridized carbons (Fsp3) is 0.379. The Morgan fingerprint density at radius 2 is 1.87 bits per heavy atom. The summed E-state index contributed by atoms with van der Waals surface area (Å²) in [6, 6.07) is 14.8. The number of benzene rings is 2. The predicted molar refractivity (Wildman–Crippen MR) is 148 cm³/mol. The van der Waals surface area contributed by atoms with Crippen LogP contribution in [0.15, 0.2) is 55.0 Å². The van der Waals surface area contributed by atoms with Crippen LogP contribution in [0.3, 0.4) is 0 Å². The van der Waals surface area contributed by atoms with E-state index in [0.717, 1.165) is 84.1 Å². The van der Waals surface area contributed by atoms with Gasteiger partial charge in [-0.2, -0.15) is 10.4 Å². The lowest BCUT2D eigenvalue weighted by Gasteiger charge is -2.28. The zero-order valence-corrected chi connectivity index (χ0v) is 22.2. The highest BCUT2D eigenvalue weighted by atomic mass is 16.5. The second kappa shape index (κ2) is 11.5. The van der Waals surface area contributed by atoms with Crippen LogP contribution in [0.25, 0.3) is 22.3 Å². The summed E-state index contributed by atoms with van der Waals surface area (Å²) in [5.41, 5.74) is 5.36. The molecule has 0 radical (unpaired) electrons. The van der Waals surface area contributed by atoms with E-state index in [2.05, 4.69) is 38.1 Å². The van der Waals surface area contributed by atoms with Gasteiger partial charge in [-0.05, 0) is 44.0 Å². The minimum Gasteiger partial charge on any atom is -0.497 e. The molecule has 0 bridgehead atoms. The lowest BCUT2D eigenvalue weighted by atomic mass is 10.1. The first-order valence-electron chi connectivity index (χ1n) is 13.0. The molecule has 1 fully saturated rings. The first-order chi connectivity index (χ1) is 18.6. The predicted octanol–water partition coefficient (Wildman–Crippen LogP) is 4.95. The number of methoxy groups -OCH3 is 2. The number of nitrogens with zero attached hydrogens (tertiary/aromatic N) is 7. The third-order valence-corrected chi connectivity index (χ3v) is 7.14. The molecule has 1 unspecified atom stereocenters. The largest absolute Gasteiger partial charge is 0.497 e. The third kappa shape index (κ3) is 5.55. The second-order valence-electron chi connectivity index (χ2n) is 9.60. The van der Waals surface area contributed by atoms with Gasteiger partial charge >= 0.3 is 0 Å². The van der Waals surface area contributed by atoms with Gasteiger partial charge in [0.1, 0.15) is 11.5 Å². The van der Waals surface area contributed by atoms with E-state index in [1.807, 2.05) is 37.5 Å². The van der Waals surface area contributed by atoms with Crippen molar-refractivity contribution in [3.63, 3.8) is 0 Å². The lowest BCUT2D eigenvalue weighted by molar-refractivity contribution is 0.255. The third-order valence-electron chi connectivity index (χ3n) is 7.14. The molecule has 0 N–H and O–H groups in total. The molecule has 3 heterocycles. The molecular weight excluding hydrogens is 478 g/mol. The van der Waals surface area contributed by atoms with Gasteiger partial charge in [0.15, 0.2) is 0 Å². The summed E-state index contributed by atoms with van der Waals surface area (Å²) < 4.78 is 12.9. The van der Waals surface area contributed by atoms with Crippen LogP contribution in [0.1, 0.15) is 25.7 Å². The molecule has 196 valence electrons. The van der Waals surface area contributed by atoms with Crippen molar-refractivity contribution in [2.75, 3.05) is 38.8 Å². The molecule has 0 aliphatic carbocycles. The summed E-state index contributed by atoms with van der Waals surface area (Å²) in [5, 5.41) is 13.5. The Bertz CT molecular complexity index is 1420. The molecule has 9 heteroatoms. The molecular formula is C29H33N7O2. The Balaban J connectivity index is 1.47. The SMILES string of the molecule is COc1cc(OC)cc(N(CCCN2CCCC2CC#N)c2ccc3ncc(-c4cnn(C)c4)nc3c2)c1. The summed E-state index contributed by atoms with van der Waals surface area (Å²) in [7, 11) is 5.22. The highest BCUT2D eigenvalue weighted by Crippen LogP contribution is 2.34. The highest BCUT2D eigenvalue weighted by molar-refractivity contribution is 5.82. The molecule has 0 saturated carbocycles. The molecule has 9 nitrogen and oxygen atoms in total. The standard InChI is InChI=1S/C29H33N7O2/c1-34-20-21(18-32-34)29-19-31-27-8-7-23(16-28(27)33-29)36(24-14-25(37-2)17-26(15-24)38-3)13-5-12-35-11-4-6-22(35)9-10-30/h7-8,14-20,22H,4-6,9,11-13H2,1-3H3. The maximum Gasteiger partial charge on any atom is 0.124 e. The van der Waals surface area contributed by atoms with Gasteiger partial charge in [-0.1, -0.05) is 0 Å². The Labute approximate surface area is 223 Å². The number of hydrogen-bond donors (Lipinski definition) is 0. The van der Waals surface area contributed by atoms with Crippen molar-refractivity contribution >= 4 is 22.4 Å². The minimum absolute atomic E-state index is 0.368. The summed E-state index contributed by atoms with van der Waals surface area (Å²) in [6.07, 6.45) is 9.33. The fourth-order valence-corrected chi connectivity index (χ4v) is 5.17. The van der Waals surface area contributed by atoms with Crippen molar-refractivity contribution in [1.82, 2.24) is 24.6 Å². The van der Waals surface area contributed by atoms with Gasteiger partial charge in [-0.15, -0.1) is 0 Å². The van der Waals surface area contributed by atoms with Crippen LogP contribution in [-0.4, -0.2) is 64.5 Å². The first kappa shape index (κ1) is 25.5. The number of ether oxygens (including phenoxy) is 2. The number of rotatable bonds is 10. The summed E-state index contributed by atoms with van der Waals surface area (Å²) in [5.74, 6) is 1.47.